The number of nitrogens with zero attached hydrogens (tertiary/aromatic N) is 2. The normalized spacial score (nSPS) is 36.4. The first-order valence-electron chi connectivity index (χ1n) is 10.4. The van der Waals surface area contributed by atoms with E-state index in [0.717, 1.165) is 58.3 Å². The molecule has 3 saturated heterocycles. The molecule has 0 aromatic carbocycles. The monoisotopic (exact) mass is 363 g/mol. The van der Waals surface area contributed by atoms with Crippen LogP contribution in [0, 0.1) is 10.8 Å². The van der Waals surface area contributed by atoms with Crippen molar-refractivity contribution >= 4 is 12.0 Å². The molecule has 4 rings (SSSR count). The molecule has 1 aliphatic carbocycles. The van der Waals surface area contributed by atoms with Gasteiger partial charge in [0.05, 0.1) is 6.61 Å². The minimum Gasteiger partial charge on any atom is -0.450 e. The SMILES string of the molecule is CCOC(=O)N1CCC2(CC(N3CCC4(CC3)CC(=O)NC4CC)C2)C1. The largest absolute Gasteiger partial charge is 0.450 e. The van der Waals surface area contributed by atoms with E-state index in [1.807, 2.05) is 11.8 Å². The Morgan fingerprint density at radius 3 is 2.58 bits per heavy atom. The Hall–Kier alpha value is -1.30. The maximum Gasteiger partial charge on any atom is 0.409 e. The zero-order valence-corrected chi connectivity index (χ0v) is 16.3. The van der Waals surface area contributed by atoms with Crippen LogP contribution >= 0.6 is 0 Å². The molecule has 26 heavy (non-hydrogen) atoms. The van der Waals surface area contributed by atoms with E-state index in [-0.39, 0.29) is 17.4 Å². The Morgan fingerprint density at radius 2 is 1.92 bits per heavy atom. The average molecular weight is 364 g/mol. The molecule has 1 saturated carbocycles. The van der Waals surface area contributed by atoms with Crippen molar-refractivity contribution in [3.8, 4) is 0 Å². The van der Waals surface area contributed by atoms with Crippen LogP contribution in [-0.4, -0.2) is 66.7 Å². The molecule has 0 aromatic heterocycles. The molecular weight excluding hydrogens is 330 g/mol. The van der Waals surface area contributed by atoms with Crippen molar-refractivity contribution in [3.05, 3.63) is 0 Å². The number of rotatable bonds is 3. The average Bonchev–Trinajstić information content (AvgIpc) is 3.17. The summed E-state index contributed by atoms with van der Waals surface area (Å²) in [6.45, 7) is 8.47. The standard InChI is InChI=1S/C20H33N3O3/c1-3-16-20(13-17(24)21-16)6-9-22(10-7-20)15-11-19(12-15)5-8-23(14-19)18(25)26-4-2/h15-16H,3-14H2,1-2H3,(H,21,24). The second-order valence-electron chi connectivity index (χ2n) is 9.04. The highest BCUT2D eigenvalue weighted by Gasteiger charge is 2.53. The highest BCUT2D eigenvalue weighted by molar-refractivity contribution is 5.80. The zero-order chi connectivity index (χ0) is 18.4. The number of piperidine rings is 1. The lowest BCUT2D eigenvalue weighted by Gasteiger charge is -2.53. The number of nitrogens with one attached hydrogen (secondary N) is 1. The molecule has 1 N–H and O–H groups in total. The van der Waals surface area contributed by atoms with Crippen LogP contribution in [0.1, 0.15) is 58.8 Å². The van der Waals surface area contributed by atoms with Gasteiger partial charge in [0.25, 0.3) is 0 Å². The molecule has 4 aliphatic rings. The van der Waals surface area contributed by atoms with Crippen LogP contribution in [-0.2, 0) is 9.53 Å². The summed E-state index contributed by atoms with van der Waals surface area (Å²) >= 11 is 0. The second kappa shape index (κ2) is 6.70. The van der Waals surface area contributed by atoms with E-state index in [2.05, 4.69) is 17.1 Å². The minimum atomic E-state index is -0.142. The second-order valence-corrected chi connectivity index (χ2v) is 9.04. The van der Waals surface area contributed by atoms with Gasteiger partial charge < -0.3 is 19.9 Å². The lowest BCUT2D eigenvalue weighted by atomic mass is 9.63. The van der Waals surface area contributed by atoms with Gasteiger partial charge in [-0.2, -0.15) is 0 Å². The van der Waals surface area contributed by atoms with E-state index in [0.29, 0.717) is 24.1 Å². The van der Waals surface area contributed by atoms with Crippen molar-refractivity contribution in [2.75, 3.05) is 32.8 Å². The number of hydrogen-bond donors (Lipinski definition) is 1. The molecule has 1 atom stereocenters. The topological polar surface area (TPSA) is 61.9 Å². The highest BCUT2D eigenvalue weighted by Crippen LogP contribution is 2.52. The summed E-state index contributed by atoms with van der Waals surface area (Å²) in [5.41, 5.74) is 0.543. The van der Waals surface area contributed by atoms with Gasteiger partial charge in [0.2, 0.25) is 5.91 Å². The molecule has 4 fully saturated rings. The number of carbonyl (C=O) groups is 2. The third kappa shape index (κ3) is 3.00. The first-order valence-corrected chi connectivity index (χ1v) is 10.4. The van der Waals surface area contributed by atoms with E-state index in [4.69, 9.17) is 4.74 Å². The molecule has 1 unspecified atom stereocenters. The summed E-state index contributed by atoms with van der Waals surface area (Å²) in [4.78, 5) is 28.4. The first kappa shape index (κ1) is 18.1. The molecule has 2 spiro atoms. The van der Waals surface area contributed by atoms with Gasteiger partial charge in [-0.3, -0.25) is 4.79 Å². The predicted molar refractivity (Wildman–Crippen MR) is 98.7 cm³/mol. The maximum absolute atomic E-state index is 11.9. The first-order chi connectivity index (χ1) is 12.5. The summed E-state index contributed by atoms with van der Waals surface area (Å²) in [6.07, 6.45) is 7.46. The predicted octanol–water partition coefficient (Wildman–Crippen LogP) is 2.38. The van der Waals surface area contributed by atoms with Gasteiger partial charge >= 0.3 is 6.09 Å². The molecule has 0 bridgehead atoms. The van der Waals surface area contributed by atoms with Crippen molar-refractivity contribution in [1.82, 2.24) is 15.1 Å². The van der Waals surface area contributed by atoms with Crippen molar-refractivity contribution in [3.63, 3.8) is 0 Å². The molecule has 146 valence electrons. The molecular formula is C20H33N3O3. The van der Waals surface area contributed by atoms with Gasteiger partial charge in [0.1, 0.15) is 0 Å². The van der Waals surface area contributed by atoms with Crippen LogP contribution in [0.5, 0.6) is 0 Å². The van der Waals surface area contributed by atoms with Crippen LogP contribution in [0.2, 0.25) is 0 Å². The Bertz CT molecular complexity index is 565. The van der Waals surface area contributed by atoms with Gasteiger partial charge in [-0.15, -0.1) is 0 Å². The molecule has 3 heterocycles. The van der Waals surface area contributed by atoms with Gasteiger partial charge in [-0.25, -0.2) is 4.79 Å². The lowest BCUT2D eigenvalue weighted by molar-refractivity contribution is -0.120. The third-order valence-electron chi connectivity index (χ3n) is 7.61. The summed E-state index contributed by atoms with van der Waals surface area (Å²) in [5, 5.41) is 3.19. The van der Waals surface area contributed by atoms with E-state index in [1.54, 1.807) is 0 Å². The summed E-state index contributed by atoms with van der Waals surface area (Å²) in [6, 6.07) is 1.04. The smallest absolute Gasteiger partial charge is 0.409 e. The maximum atomic E-state index is 11.9. The summed E-state index contributed by atoms with van der Waals surface area (Å²) in [5.74, 6) is 0.248. The van der Waals surface area contributed by atoms with Crippen molar-refractivity contribution < 1.29 is 14.3 Å². The van der Waals surface area contributed by atoms with Gasteiger partial charge in [-0.05, 0) is 64.0 Å². The number of carbonyl (C=O) groups excluding carboxylic acids is 2. The fourth-order valence-electron chi connectivity index (χ4n) is 6.07. The van der Waals surface area contributed by atoms with Crippen LogP contribution in [0.15, 0.2) is 0 Å². The Balaban J connectivity index is 1.28. The number of hydrogen-bond acceptors (Lipinski definition) is 4. The van der Waals surface area contributed by atoms with Gasteiger partial charge in [0, 0.05) is 37.0 Å². The minimum absolute atomic E-state index is 0.142. The van der Waals surface area contributed by atoms with Crippen LogP contribution in [0.4, 0.5) is 4.79 Å². The lowest BCUT2D eigenvalue weighted by Crippen LogP contribution is -2.56. The van der Waals surface area contributed by atoms with Crippen molar-refractivity contribution in [2.45, 2.75) is 70.9 Å². The third-order valence-corrected chi connectivity index (χ3v) is 7.61. The molecule has 3 aliphatic heterocycles. The number of amides is 2. The molecule has 6 heteroatoms. The Labute approximate surface area is 156 Å². The van der Waals surface area contributed by atoms with Crippen molar-refractivity contribution in [2.24, 2.45) is 10.8 Å². The molecule has 0 aromatic rings. The van der Waals surface area contributed by atoms with E-state index in [9.17, 15) is 9.59 Å². The van der Waals surface area contributed by atoms with Crippen LogP contribution in [0.3, 0.4) is 0 Å². The fraction of sp³-hybridized carbons (Fsp3) is 0.900. The molecule has 0 radical (unpaired) electrons. The molecule has 6 nitrogen and oxygen atoms in total. The summed E-state index contributed by atoms with van der Waals surface area (Å²) < 4.78 is 5.16. The van der Waals surface area contributed by atoms with Gasteiger partial charge in [-0.1, -0.05) is 6.92 Å². The van der Waals surface area contributed by atoms with E-state index >= 15 is 0 Å². The Kier molecular flexibility index (Phi) is 4.66. The summed E-state index contributed by atoms with van der Waals surface area (Å²) in [7, 11) is 0. The van der Waals surface area contributed by atoms with Crippen LogP contribution < -0.4 is 5.32 Å². The number of ether oxygens (including phenoxy) is 1. The van der Waals surface area contributed by atoms with Crippen LogP contribution in [0.25, 0.3) is 0 Å². The molecule has 2 amide bonds. The highest BCUT2D eigenvalue weighted by atomic mass is 16.6. The number of likely N-dealkylation sites (tertiary alicyclic amines) is 2. The van der Waals surface area contributed by atoms with E-state index in [1.165, 1.54) is 12.8 Å². The van der Waals surface area contributed by atoms with Gasteiger partial charge in [0.15, 0.2) is 0 Å². The fourth-order valence-corrected chi connectivity index (χ4v) is 6.07. The Morgan fingerprint density at radius 1 is 1.19 bits per heavy atom. The van der Waals surface area contributed by atoms with Crippen molar-refractivity contribution in [1.29, 1.82) is 0 Å². The quantitative estimate of drug-likeness (QED) is 0.836. The zero-order valence-electron chi connectivity index (χ0n) is 16.3. The van der Waals surface area contributed by atoms with E-state index < -0.39 is 0 Å².